The molecule has 1 fully saturated rings. The van der Waals surface area contributed by atoms with Crippen LogP contribution < -0.4 is 5.32 Å². The van der Waals surface area contributed by atoms with E-state index in [0.717, 1.165) is 47.0 Å². The van der Waals surface area contributed by atoms with E-state index in [1.807, 2.05) is 31.6 Å². The van der Waals surface area contributed by atoms with Gasteiger partial charge in [-0.2, -0.15) is 10.2 Å². The number of benzene rings is 1. The van der Waals surface area contributed by atoms with Crippen molar-refractivity contribution < 1.29 is 4.39 Å². The minimum atomic E-state index is -0.818. The Balaban J connectivity index is 1.64. The fourth-order valence-corrected chi connectivity index (χ4v) is 3.53. The first-order chi connectivity index (χ1) is 12.1. The van der Waals surface area contributed by atoms with Crippen LogP contribution in [0.1, 0.15) is 31.4 Å². The fraction of sp³-hybridized carbons (Fsp3) is 0.368. The number of nitrogens with zero attached hydrogens (tertiary/aromatic N) is 3. The van der Waals surface area contributed by atoms with Crippen LogP contribution in [0.4, 0.5) is 4.39 Å². The highest BCUT2D eigenvalue weighted by molar-refractivity contribution is 5.92. The maximum absolute atomic E-state index is 14.1. The summed E-state index contributed by atoms with van der Waals surface area (Å²) in [5, 5.41) is 15.9. The van der Waals surface area contributed by atoms with Crippen molar-refractivity contribution in [1.29, 1.82) is 0 Å². The van der Waals surface area contributed by atoms with Crippen molar-refractivity contribution in [2.24, 2.45) is 7.05 Å². The number of aryl methyl sites for hydroxylation is 1. The minimum Gasteiger partial charge on any atom is -0.378 e. The first-order valence-corrected chi connectivity index (χ1v) is 8.69. The van der Waals surface area contributed by atoms with Crippen LogP contribution >= 0.6 is 0 Å². The first-order valence-electron chi connectivity index (χ1n) is 8.69. The SMILES string of the molecule is C=C(N[C@@H]1CCCCC1F)c1n[nH]c2ccc(-c3cnn(C)c3)cc12. The van der Waals surface area contributed by atoms with Gasteiger partial charge < -0.3 is 5.32 Å². The lowest BCUT2D eigenvalue weighted by Crippen LogP contribution is -2.38. The van der Waals surface area contributed by atoms with Gasteiger partial charge in [0.05, 0.1) is 23.5 Å². The lowest BCUT2D eigenvalue weighted by Gasteiger charge is -2.28. The molecule has 1 saturated carbocycles. The summed E-state index contributed by atoms with van der Waals surface area (Å²) >= 11 is 0. The molecule has 2 N–H and O–H groups in total. The average Bonchev–Trinajstić information content (AvgIpc) is 3.22. The molecule has 4 rings (SSSR count). The summed E-state index contributed by atoms with van der Waals surface area (Å²) in [5.41, 5.74) is 4.47. The van der Waals surface area contributed by atoms with E-state index in [1.54, 1.807) is 4.68 Å². The highest BCUT2D eigenvalue weighted by Gasteiger charge is 2.25. The van der Waals surface area contributed by atoms with Crippen LogP contribution in [-0.4, -0.2) is 32.2 Å². The van der Waals surface area contributed by atoms with Gasteiger partial charge >= 0.3 is 0 Å². The Labute approximate surface area is 145 Å². The number of H-pyrrole nitrogens is 1. The molecule has 1 aliphatic carbocycles. The van der Waals surface area contributed by atoms with Gasteiger partial charge in [0.1, 0.15) is 11.9 Å². The zero-order valence-electron chi connectivity index (χ0n) is 14.3. The molecule has 3 aromatic rings. The summed E-state index contributed by atoms with van der Waals surface area (Å²) in [7, 11) is 1.90. The van der Waals surface area contributed by atoms with E-state index in [-0.39, 0.29) is 6.04 Å². The Kier molecular flexibility index (Phi) is 4.03. The third-order valence-corrected chi connectivity index (χ3v) is 4.93. The van der Waals surface area contributed by atoms with Gasteiger partial charge in [-0.15, -0.1) is 0 Å². The summed E-state index contributed by atoms with van der Waals surface area (Å²) < 4.78 is 15.9. The minimum absolute atomic E-state index is 0.172. The van der Waals surface area contributed by atoms with Gasteiger partial charge in [0, 0.05) is 24.2 Å². The first kappa shape index (κ1) is 15.9. The molecule has 25 heavy (non-hydrogen) atoms. The van der Waals surface area contributed by atoms with Crippen LogP contribution in [0, 0.1) is 0 Å². The number of aromatic amines is 1. The van der Waals surface area contributed by atoms with E-state index >= 15 is 0 Å². The van der Waals surface area contributed by atoms with Gasteiger partial charge in [0.2, 0.25) is 0 Å². The van der Waals surface area contributed by atoms with E-state index in [4.69, 9.17) is 0 Å². The lowest BCUT2D eigenvalue weighted by molar-refractivity contribution is 0.203. The summed E-state index contributed by atoms with van der Waals surface area (Å²) in [6.45, 7) is 4.11. The molecule has 2 atom stereocenters. The molecule has 0 aliphatic heterocycles. The number of hydrogen-bond acceptors (Lipinski definition) is 3. The van der Waals surface area contributed by atoms with Crippen molar-refractivity contribution in [3.05, 3.63) is 42.9 Å². The molecule has 1 aliphatic rings. The zero-order valence-corrected chi connectivity index (χ0v) is 14.3. The van der Waals surface area contributed by atoms with Crippen LogP contribution in [0.5, 0.6) is 0 Å². The van der Waals surface area contributed by atoms with Crippen LogP contribution in [0.15, 0.2) is 37.2 Å². The molecule has 2 aromatic heterocycles. The quantitative estimate of drug-likeness (QED) is 0.760. The predicted molar refractivity (Wildman–Crippen MR) is 97.6 cm³/mol. The maximum atomic E-state index is 14.1. The second-order valence-electron chi connectivity index (χ2n) is 6.77. The molecule has 0 spiro atoms. The van der Waals surface area contributed by atoms with E-state index in [9.17, 15) is 4.39 Å². The average molecular weight is 339 g/mol. The van der Waals surface area contributed by atoms with Crippen molar-refractivity contribution in [3.63, 3.8) is 0 Å². The number of fused-ring (bicyclic) bond motifs is 1. The van der Waals surface area contributed by atoms with Crippen molar-refractivity contribution in [2.75, 3.05) is 0 Å². The molecular weight excluding hydrogens is 317 g/mol. The van der Waals surface area contributed by atoms with Gasteiger partial charge in [-0.25, -0.2) is 4.39 Å². The van der Waals surface area contributed by atoms with E-state index in [2.05, 4.69) is 33.3 Å². The number of aromatic nitrogens is 4. The Bertz CT molecular complexity index is 910. The summed E-state index contributed by atoms with van der Waals surface area (Å²) in [6, 6.07) is 5.94. The molecule has 130 valence electrons. The van der Waals surface area contributed by atoms with Gasteiger partial charge in [0.25, 0.3) is 0 Å². The van der Waals surface area contributed by atoms with Crippen LogP contribution in [0.2, 0.25) is 0 Å². The van der Waals surface area contributed by atoms with Gasteiger partial charge in [-0.05, 0) is 30.5 Å². The topological polar surface area (TPSA) is 58.5 Å². The van der Waals surface area contributed by atoms with Gasteiger partial charge in [-0.3, -0.25) is 9.78 Å². The van der Waals surface area contributed by atoms with E-state index in [1.165, 1.54) is 0 Å². The summed E-state index contributed by atoms with van der Waals surface area (Å²) in [6.07, 6.45) is 6.47. The van der Waals surface area contributed by atoms with Gasteiger partial charge in [-0.1, -0.05) is 25.5 Å². The Hall–Kier alpha value is -2.63. The van der Waals surface area contributed by atoms with Crippen molar-refractivity contribution in [1.82, 2.24) is 25.3 Å². The fourth-order valence-electron chi connectivity index (χ4n) is 3.53. The normalized spacial score (nSPS) is 20.7. The molecule has 1 aromatic carbocycles. The molecule has 5 nitrogen and oxygen atoms in total. The number of rotatable bonds is 4. The van der Waals surface area contributed by atoms with Crippen LogP contribution in [0.25, 0.3) is 27.7 Å². The highest BCUT2D eigenvalue weighted by atomic mass is 19.1. The van der Waals surface area contributed by atoms with Crippen molar-refractivity contribution in [3.8, 4) is 11.1 Å². The molecule has 6 heteroatoms. The molecule has 1 unspecified atom stereocenters. The molecular formula is C19H22FN5. The Morgan fingerprint density at radius 2 is 2.16 bits per heavy atom. The van der Waals surface area contributed by atoms with Gasteiger partial charge in [0.15, 0.2) is 0 Å². The molecule has 0 amide bonds. The molecule has 0 saturated heterocycles. The lowest BCUT2D eigenvalue weighted by atomic mass is 9.93. The maximum Gasteiger partial charge on any atom is 0.120 e. The molecule has 2 heterocycles. The second-order valence-corrected chi connectivity index (χ2v) is 6.77. The van der Waals surface area contributed by atoms with Crippen LogP contribution in [0.3, 0.4) is 0 Å². The predicted octanol–water partition coefficient (Wildman–Crippen LogP) is 3.80. The monoisotopic (exact) mass is 339 g/mol. The third-order valence-electron chi connectivity index (χ3n) is 4.93. The number of halogens is 1. The number of alkyl halides is 1. The third kappa shape index (κ3) is 3.04. The highest BCUT2D eigenvalue weighted by Crippen LogP contribution is 2.28. The molecule has 0 radical (unpaired) electrons. The Morgan fingerprint density at radius 3 is 2.92 bits per heavy atom. The zero-order chi connectivity index (χ0) is 17.4. The summed E-state index contributed by atoms with van der Waals surface area (Å²) in [5.74, 6) is 0. The smallest absolute Gasteiger partial charge is 0.120 e. The van der Waals surface area contributed by atoms with E-state index in [0.29, 0.717) is 12.1 Å². The van der Waals surface area contributed by atoms with Crippen molar-refractivity contribution >= 4 is 16.6 Å². The number of hydrogen-bond donors (Lipinski definition) is 2. The number of nitrogens with one attached hydrogen (secondary N) is 2. The van der Waals surface area contributed by atoms with E-state index < -0.39 is 6.17 Å². The standard InChI is InChI=1S/C19H22FN5/c1-12(22-18-6-4-3-5-16(18)20)19-15-9-13(7-8-17(15)23-24-19)14-10-21-25(2)11-14/h7-11,16,18,22H,1,3-6H2,2H3,(H,23,24)/t16?,18-/m1/s1. The molecule has 0 bridgehead atoms. The second kappa shape index (κ2) is 6.35. The summed E-state index contributed by atoms with van der Waals surface area (Å²) in [4.78, 5) is 0. The Morgan fingerprint density at radius 1 is 1.32 bits per heavy atom. The largest absolute Gasteiger partial charge is 0.378 e. The van der Waals surface area contributed by atoms with Crippen molar-refractivity contribution in [2.45, 2.75) is 37.9 Å². The van der Waals surface area contributed by atoms with Crippen LogP contribution in [-0.2, 0) is 7.05 Å².